The van der Waals surface area contributed by atoms with Crippen LogP contribution in [-0.4, -0.2) is 29.8 Å². The Hall–Kier alpha value is -4.18. The first-order valence-corrected chi connectivity index (χ1v) is 12.8. The number of nitrogens with zero attached hydrogens (tertiary/aromatic N) is 1. The molecule has 2 amide bonds. The summed E-state index contributed by atoms with van der Waals surface area (Å²) < 4.78 is 0. The maximum atomic E-state index is 14.2. The molecule has 0 saturated carbocycles. The van der Waals surface area contributed by atoms with Crippen LogP contribution >= 0.6 is 0 Å². The van der Waals surface area contributed by atoms with Gasteiger partial charge in [0.15, 0.2) is 0 Å². The predicted octanol–water partition coefficient (Wildman–Crippen LogP) is 5.90. The van der Waals surface area contributed by atoms with Crippen molar-refractivity contribution in [1.29, 1.82) is 0 Å². The Morgan fingerprint density at radius 1 is 0.703 bits per heavy atom. The van der Waals surface area contributed by atoms with Crippen LogP contribution in [0.15, 0.2) is 115 Å². The molecule has 0 aliphatic carbocycles. The van der Waals surface area contributed by atoms with E-state index < -0.39 is 6.04 Å². The number of carbonyl (C=O) groups is 2. The second-order valence-corrected chi connectivity index (χ2v) is 9.41. The highest BCUT2D eigenvalue weighted by Crippen LogP contribution is 2.30. The first kappa shape index (κ1) is 25.9. The van der Waals surface area contributed by atoms with Crippen LogP contribution in [0.25, 0.3) is 0 Å². The first-order valence-electron chi connectivity index (χ1n) is 12.8. The Labute approximate surface area is 220 Å². The summed E-state index contributed by atoms with van der Waals surface area (Å²) in [4.78, 5) is 29.2. The highest BCUT2D eigenvalue weighted by molar-refractivity contribution is 5.88. The van der Waals surface area contributed by atoms with Gasteiger partial charge >= 0.3 is 0 Å². The van der Waals surface area contributed by atoms with E-state index in [4.69, 9.17) is 0 Å². The van der Waals surface area contributed by atoms with E-state index in [-0.39, 0.29) is 24.2 Å². The van der Waals surface area contributed by atoms with Gasteiger partial charge in [-0.1, -0.05) is 121 Å². The minimum Gasteiger partial charge on any atom is -0.357 e. The van der Waals surface area contributed by atoms with Crippen molar-refractivity contribution in [1.82, 2.24) is 10.2 Å². The standard InChI is InChI=1S/C33H34N2O2/c1-25-18-20-27(21-19-25)24-35(31(33(37)34-2)22-26-12-6-3-7-13-26)32(36)23-30(28-14-8-4-9-15-28)29-16-10-5-11-17-29/h3-21,30-31H,22-24H2,1-2H3,(H,34,37)/t31-/m0/s1. The first-order chi connectivity index (χ1) is 18.0. The lowest BCUT2D eigenvalue weighted by molar-refractivity contribution is -0.141. The van der Waals surface area contributed by atoms with Gasteiger partial charge in [0, 0.05) is 32.4 Å². The SMILES string of the molecule is CNC(=O)[C@H](Cc1ccccc1)N(Cc1ccc(C)cc1)C(=O)CC(c1ccccc1)c1ccccc1. The topological polar surface area (TPSA) is 49.4 Å². The number of amides is 2. The molecule has 0 unspecified atom stereocenters. The fourth-order valence-electron chi connectivity index (χ4n) is 4.70. The van der Waals surface area contributed by atoms with Crippen molar-refractivity contribution in [3.8, 4) is 0 Å². The average molecular weight is 491 g/mol. The Kier molecular flexibility index (Phi) is 8.88. The van der Waals surface area contributed by atoms with Gasteiger partial charge in [0.25, 0.3) is 0 Å². The molecule has 1 atom stereocenters. The number of likely N-dealkylation sites (N-methyl/N-ethyl adjacent to an activating group) is 1. The normalized spacial score (nSPS) is 11.6. The van der Waals surface area contributed by atoms with Gasteiger partial charge in [-0.05, 0) is 29.2 Å². The third kappa shape index (κ3) is 6.95. The molecule has 0 aromatic heterocycles. The molecule has 0 aliphatic rings. The minimum atomic E-state index is -0.631. The lowest BCUT2D eigenvalue weighted by Gasteiger charge is -2.32. The van der Waals surface area contributed by atoms with E-state index in [1.807, 2.05) is 97.9 Å². The lowest BCUT2D eigenvalue weighted by Crippen LogP contribution is -2.50. The van der Waals surface area contributed by atoms with E-state index in [0.29, 0.717) is 13.0 Å². The molecule has 0 heterocycles. The molecule has 1 N–H and O–H groups in total. The molecule has 4 nitrogen and oxygen atoms in total. The van der Waals surface area contributed by atoms with Gasteiger partial charge in [0.2, 0.25) is 11.8 Å². The molecule has 4 heteroatoms. The average Bonchev–Trinajstić information content (AvgIpc) is 2.95. The van der Waals surface area contributed by atoms with Crippen molar-refractivity contribution in [3.63, 3.8) is 0 Å². The van der Waals surface area contributed by atoms with Crippen molar-refractivity contribution in [2.45, 2.75) is 38.3 Å². The Bertz CT molecular complexity index is 1230. The molecule has 0 saturated heterocycles. The number of nitrogens with one attached hydrogen (secondary N) is 1. The molecule has 4 aromatic rings. The summed E-state index contributed by atoms with van der Waals surface area (Å²) in [5, 5.41) is 2.80. The van der Waals surface area contributed by atoms with Crippen LogP contribution in [0.2, 0.25) is 0 Å². The van der Waals surface area contributed by atoms with E-state index in [2.05, 4.69) is 29.6 Å². The predicted molar refractivity (Wildman–Crippen MR) is 149 cm³/mol. The summed E-state index contributed by atoms with van der Waals surface area (Å²) in [5.74, 6) is -0.333. The van der Waals surface area contributed by atoms with E-state index in [0.717, 1.165) is 27.8 Å². The quantitative estimate of drug-likeness (QED) is 0.301. The minimum absolute atomic E-state index is 0.0530. The number of carbonyl (C=O) groups excluding carboxylic acids is 2. The van der Waals surface area contributed by atoms with Gasteiger partial charge in [-0.15, -0.1) is 0 Å². The number of aryl methyl sites for hydroxylation is 1. The molecule has 0 radical (unpaired) electrons. The highest BCUT2D eigenvalue weighted by atomic mass is 16.2. The summed E-state index contributed by atoms with van der Waals surface area (Å²) >= 11 is 0. The summed E-state index contributed by atoms with van der Waals surface area (Å²) in [6.07, 6.45) is 0.710. The van der Waals surface area contributed by atoms with Gasteiger partial charge in [-0.3, -0.25) is 9.59 Å². The molecule has 4 rings (SSSR count). The summed E-state index contributed by atoms with van der Waals surface area (Å²) in [6.45, 7) is 2.40. The lowest BCUT2D eigenvalue weighted by atomic mass is 9.87. The van der Waals surface area contributed by atoms with E-state index >= 15 is 0 Å². The molecule has 4 aromatic carbocycles. The van der Waals surface area contributed by atoms with Crippen molar-refractivity contribution in [3.05, 3.63) is 143 Å². The molecule has 0 fully saturated rings. The maximum Gasteiger partial charge on any atom is 0.242 e. The second kappa shape index (κ2) is 12.7. The van der Waals surface area contributed by atoms with Crippen LogP contribution < -0.4 is 5.32 Å². The van der Waals surface area contributed by atoms with E-state index in [9.17, 15) is 9.59 Å². The molecule has 0 aliphatic heterocycles. The van der Waals surface area contributed by atoms with Gasteiger partial charge in [-0.25, -0.2) is 0 Å². The fraction of sp³-hybridized carbons (Fsp3) is 0.212. The number of hydrogen-bond acceptors (Lipinski definition) is 2. The van der Waals surface area contributed by atoms with E-state index in [1.165, 1.54) is 0 Å². The largest absolute Gasteiger partial charge is 0.357 e. The van der Waals surface area contributed by atoms with Crippen LogP contribution in [-0.2, 0) is 22.6 Å². The Balaban J connectivity index is 1.71. The van der Waals surface area contributed by atoms with Crippen LogP contribution in [0.4, 0.5) is 0 Å². The van der Waals surface area contributed by atoms with Crippen molar-refractivity contribution >= 4 is 11.8 Å². The van der Waals surface area contributed by atoms with Gasteiger partial charge in [0.05, 0.1) is 0 Å². The van der Waals surface area contributed by atoms with E-state index in [1.54, 1.807) is 11.9 Å². The van der Waals surface area contributed by atoms with Crippen LogP contribution in [0, 0.1) is 6.92 Å². The Morgan fingerprint density at radius 2 is 1.22 bits per heavy atom. The van der Waals surface area contributed by atoms with Crippen molar-refractivity contribution < 1.29 is 9.59 Å². The molecule has 188 valence electrons. The van der Waals surface area contributed by atoms with Gasteiger partial charge in [0.1, 0.15) is 6.04 Å². The zero-order valence-electron chi connectivity index (χ0n) is 21.5. The zero-order chi connectivity index (χ0) is 26.0. The van der Waals surface area contributed by atoms with Crippen LogP contribution in [0.1, 0.15) is 40.2 Å². The summed E-state index contributed by atoms with van der Waals surface area (Å²) in [5.41, 5.74) is 5.33. The van der Waals surface area contributed by atoms with Crippen LogP contribution in [0.3, 0.4) is 0 Å². The summed E-state index contributed by atoms with van der Waals surface area (Å²) in [7, 11) is 1.63. The number of rotatable bonds is 10. The fourth-order valence-corrected chi connectivity index (χ4v) is 4.70. The number of hydrogen-bond donors (Lipinski definition) is 1. The zero-order valence-corrected chi connectivity index (χ0v) is 21.5. The monoisotopic (exact) mass is 490 g/mol. The molecular weight excluding hydrogens is 456 g/mol. The smallest absolute Gasteiger partial charge is 0.242 e. The number of benzene rings is 4. The van der Waals surface area contributed by atoms with Crippen LogP contribution in [0.5, 0.6) is 0 Å². The molecular formula is C33H34N2O2. The van der Waals surface area contributed by atoms with Gasteiger partial charge < -0.3 is 10.2 Å². The van der Waals surface area contributed by atoms with Crippen molar-refractivity contribution in [2.24, 2.45) is 0 Å². The summed E-state index contributed by atoms with van der Waals surface area (Å²) in [6, 6.07) is 37.6. The molecule has 0 bridgehead atoms. The highest BCUT2D eigenvalue weighted by Gasteiger charge is 2.31. The Morgan fingerprint density at radius 3 is 1.73 bits per heavy atom. The maximum absolute atomic E-state index is 14.2. The van der Waals surface area contributed by atoms with Gasteiger partial charge in [-0.2, -0.15) is 0 Å². The second-order valence-electron chi connectivity index (χ2n) is 9.41. The third-order valence-electron chi connectivity index (χ3n) is 6.77. The molecule has 37 heavy (non-hydrogen) atoms. The third-order valence-corrected chi connectivity index (χ3v) is 6.77. The molecule has 0 spiro atoms. The van der Waals surface area contributed by atoms with Crippen molar-refractivity contribution in [2.75, 3.05) is 7.05 Å².